The van der Waals surface area contributed by atoms with Gasteiger partial charge in [-0.15, -0.1) is 0 Å². The van der Waals surface area contributed by atoms with Crippen LogP contribution < -0.4 is 20.8 Å². The number of rotatable bonds is 11. The first-order valence-electron chi connectivity index (χ1n) is 10.3. The molecule has 33 heavy (non-hydrogen) atoms. The molecule has 176 valence electrons. The average molecular weight is 458 g/mol. The van der Waals surface area contributed by atoms with E-state index in [9.17, 15) is 18.8 Å². The van der Waals surface area contributed by atoms with Crippen molar-refractivity contribution in [2.45, 2.75) is 26.4 Å². The van der Waals surface area contributed by atoms with Crippen LogP contribution in [0.15, 0.2) is 53.6 Å². The molecule has 3 amide bonds. The van der Waals surface area contributed by atoms with Gasteiger partial charge in [-0.1, -0.05) is 0 Å². The Morgan fingerprint density at radius 1 is 1.03 bits per heavy atom. The lowest BCUT2D eigenvalue weighted by Crippen LogP contribution is -2.38. The van der Waals surface area contributed by atoms with Gasteiger partial charge in [0.05, 0.1) is 12.3 Å². The van der Waals surface area contributed by atoms with Crippen molar-refractivity contribution in [3.63, 3.8) is 0 Å². The van der Waals surface area contributed by atoms with Gasteiger partial charge in [0.1, 0.15) is 11.6 Å². The molecule has 0 atom stereocenters. The van der Waals surface area contributed by atoms with Crippen LogP contribution in [0.25, 0.3) is 0 Å². The zero-order valence-corrected chi connectivity index (χ0v) is 18.5. The SMILES string of the molecule is CC(C)OCCCNC(=O)C(=O)N/N=C\c1ccc(OCC(=O)Nc2ccc(F)cc2)cc1. The summed E-state index contributed by atoms with van der Waals surface area (Å²) in [5.41, 5.74) is 3.26. The molecule has 10 heteroatoms. The van der Waals surface area contributed by atoms with E-state index in [2.05, 4.69) is 21.2 Å². The summed E-state index contributed by atoms with van der Waals surface area (Å²) >= 11 is 0. The number of hydrazone groups is 1. The maximum atomic E-state index is 12.9. The highest BCUT2D eigenvalue weighted by Gasteiger charge is 2.11. The summed E-state index contributed by atoms with van der Waals surface area (Å²) in [6.07, 6.45) is 2.08. The number of nitrogens with one attached hydrogen (secondary N) is 3. The van der Waals surface area contributed by atoms with E-state index in [1.807, 2.05) is 13.8 Å². The predicted octanol–water partition coefficient (Wildman–Crippen LogP) is 2.22. The number of halogens is 1. The van der Waals surface area contributed by atoms with Crippen molar-refractivity contribution in [3.05, 3.63) is 59.9 Å². The van der Waals surface area contributed by atoms with Crippen molar-refractivity contribution in [1.29, 1.82) is 0 Å². The van der Waals surface area contributed by atoms with E-state index in [1.54, 1.807) is 24.3 Å². The Hall–Kier alpha value is -3.79. The quantitative estimate of drug-likeness (QED) is 0.207. The summed E-state index contributed by atoms with van der Waals surface area (Å²) in [6, 6.07) is 12.0. The summed E-state index contributed by atoms with van der Waals surface area (Å²) in [4.78, 5) is 35.3. The normalized spacial score (nSPS) is 10.8. The Morgan fingerprint density at radius 2 is 1.73 bits per heavy atom. The molecular formula is C23H27FN4O5. The highest BCUT2D eigenvalue weighted by Crippen LogP contribution is 2.12. The average Bonchev–Trinajstić information content (AvgIpc) is 2.79. The lowest BCUT2D eigenvalue weighted by atomic mass is 10.2. The van der Waals surface area contributed by atoms with E-state index in [4.69, 9.17) is 9.47 Å². The fraction of sp³-hybridized carbons (Fsp3) is 0.304. The van der Waals surface area contributed by atoms with E-state index in [0.29, 0.717) is 36.6 Å². The van der Waals surface area contributed by atoms with Gasteiger partial charge in [-0.05, 0) is 74.4 Å². The molecule has 9 nitrogen and oxygen atoms in total. The molecule has 0 fully saturated rings. The van der Waals surface area contributed by atoms with Gasteiger partial charge < -0.3 is 20.1 Å². The van der Waals surface area contributed by atoms with E-state index in [-0.39, 0.29) is 18.6 Å². The number of ether oxygens (including phenoxy) is 2. The summed E-state index contributed by atoms with van der Waals surface area (Å²) in [7, 11) is 0. The van der Waals surface area contributed by atoms with Gasteiger partial charge in [0, 0.05) is 18.8 Å². The molecule has 0 aromatic heterocycles. The van der Waals surface area contributed by atoms with Crippen molar-refractivity contribution < 1.29 is 28.2 Å². The molecule has 0 aliphatic carbocycles. The summed E-state index contributed by atoms with van der Waals surface area (Å²) in [5.74, 6) is -1.98. The van der Waals surface area contributed by atoms with Crippen molar-refractivity contribution in [2.75, 3.05) is 25.1 Å². The molecule has 0 bridgehead atoms. The lowest BCUT2D eigenvalue weighted by molar-refractivity contribution is -0.139. The fourth-order valence-electron chi connectivity index (χ4n) is 2.42. The zero-order chi connectivity index (χ0) is 24.1. The second-order valence-electron chi connectivity index (χ2n) is 7.14. The molecule has 2 aromatic carbocycles. The number of carbonyl (C=O) groups excluding carboxylic acids is 3. The molecule has 0 saturated heterocycles. The number of amides is 3. The van der Waals surface area contributed by atoms with Gasteiger partial charge >= 0.3 is 11.8 Å². The molecule has 0 saturated carbocycles. The lowest BCUT2D eigenvalue weighted by Gasteiger charge is -2.08. The van der Waals surface area contributed by atoms with Crippen molar-refractivity contribution >= 4 is 29.6 Å². The van der Waals surface area contributed by atoms with Crippen LogP contribution in [0.1, 0.15) is 25.8 Å². The van der Waals surface area contributed by atoms with E-state index < -0.39 is 17.6 Å². The van der Waals surface area contributed by atoms with Gasteiger partial charge in [-0.3, -0.25) is 14.4 Å². The monoisotopic (exact) mass is 458 g/mol. The zero-order valence-electron chi connectivity index (χ0n) is 18.5. The molecule has 0 radical (unpaired) electrons. The Morgan fingerprint density at radius 3 is 2.39 bits per heavy atom. The maximum absolute atomic E-state index is 12.9. The minimum absolute atomic E-state index is 0.117. The third kappa shape index (κ3) is 10.4. The highest BCUT2D eigenvalue weighted by atomic mass is 19.1. The Kier molecular flexibility index (Phi) is 10.5. The molecule has 3 N–H and O–H groups in total. The summed E-state index contributed by atoms with van der Waals surface area (Å²) < 4.78 is 23.6. The maximum Gasteiger partial charge on any atom is 0.329 e. The van der Waals surface area contributed by atoms with Gasteiger partial charge in [0.25, 0.3) is 5.91 Å². The Balaban J connectivity index is 1.68. The first-order valence-corrected chi connectivity index (χ1v) is 10.3. The standard InChI is InChI=1S/C23H27FN4O5/c1-16(2)32-13-3-12-25-22(30)23(31)28-26-14-17-4-10-20(11-5-17)33-15-21(29)27-19-8-6-18(24)7-9-19/h4-11,14,16H,3,12-13,15H2,1-2H3,(H,25,30)(H,27,29)(H,28,31)/b26-14-. The molecule has 0 aliphatic heterocycles. The number of hydrogen-bond donors (Lipinski definition) is 3. The van der Waals surface area contributed by atoms with Crippen LogP contribution in [-0.4, -0.2) is 49.8 Å². The predicted molar refractivity (Wildman–Crippen MR) is 121 cm³/mol. The van der Waals surface area contributed by atoms with Gasteiger partial charge in [0.15, 0.2) is 6.61 Å². The molecular weight excluding hydrogens is 431 g/mol. The second-order valence-corrected chi connectivity index (χ2v) is 7.14. The molecule has 0 spiro atoms. The molecule has 0 aliphatic rings. The van der Waals surface area contributed by atoms with Crippen LogP contribution in [0.4, 0.5) is 10.1 Å². The number of carbonyl (C=O) groups is 3. The topological polar surface area (TPSA) is 118 Å². The Labute approximate surface area is 191 Å². The van der Waals surface area contributed by atoms with Crippen LogP contribution in [0.3, 0.4) is 0 Å². The van der Waals surface area contributed by atoms with E-state index >= 15 is 0 Å². The van der Waals surface area contributed by atoms with Crippen LogP contribution in [0, 0.1) is 5.82 Å². The Bertz CT molecular complexity index is 946. The van der Waals surface area contributed by atoms with Gasteiger partial charge in [0.2, 0.25) is 0 Å². The van der Waals surface area contributed by atoms with Crippen LogP contribution >= 0.6 is 0 Å². The molecule has 2 rings (SSSR count). The largest absolute Gasteiger partial charge is 0.484 e. The van der Waals surface area contributed by atoms with Crippen molar-refractivity contribution in [3.8, 4) is 5.75 Å². The minimum atomic E-state index is -0.872. The second kappa shape index (κ2) is 13.6. The summed E-state index contributed by atoms with van der Waals surface area (Å²) in [6.45, 7) is 4.43. The number of nitrogens with zero attached hydrogens (tertiary/aromatic N) is 1. The smallest absolute Gasteiger partial charge is 0.329 e. The fourth-order valence-corrected chi connectivity index (χ4v) is 2.42. The summed E-state index contributed by atoms with van der Waals surface area (Å²) in [5, 5.41) is 8.82. The molecule has 0 heterocycles. The molecule has 2 aromatic rings. The van der Waals surface area contributed by atoms with Crippen LogP contribution in [0.5, 0.6) is 5.75 Å². The third-order valence-electron chi connectivity index (χ3n) is 4.02. The highest BCUT2D eigenvalue weighted by molar-refractivity contribution is 6.35. The first kappa shape index (κ1) is 25.5. The first-order chi connectivity index (χ1) is 15.8. The van der Waals surface area contributed by atoms with Crippen LogP contribution in [-0.2, 0) is 19.1 Å². The number of benzene rings is 2. The minimum Gasteiger partial charge on any atom is -0.484 e. The van der Waals surface area contributed by atoms with E-state index in [0.717, 1.165) is 0 Å². The van der Waals surface area contributed by atoms with Crippen molar-refractivity contribution in [2.24, 2.45) is 5.10 Å². The van der Waals surface area contributed by atoms with E-state index in [1.165, 1.54) is 30.5 Å². The van der Waals surface area contributed by atoms with Gasteiger partial charge in [-0.25, -0.2) is 9.82 Å². The number of anilines is 1. The third-order valence-corrected chi connectivity index (χ3v) is 4.02. The van der Waals surface area contributed by atoms with Gasteiger partial charge in [-0.2, -0.15) is 5.10 Å². The van der Waals surface area contributed by atoms with Crippen molar-refractivity contribution in [1.82, 2.24) is 10.7 Å². The number of hydrogen-bond acceptors (Lipinski definition) is 6. The molecule has 0 unspecified atom stereocenters. The van der Waals surface area contributed by atoms with Crippen LogP contribution in [0.2, 0.25) is 0 Å².